The van der Waals surface area contributed by atoms with E-state index in [0.29, 0.717) is 19.4 Å². The van der Waals surface area contributed by atoms with E-state index >= 15 is 0 Å². The molecule has 0 aromatic carbocycles. The lowest BCUT2D eigenvalue weighted by Crippen LogP contribution is -2.37. The van der Waals surface area contributed by atoms with Gasteiger partial charge in [-0.3, -0.25) is 9.69 Å². The van der Waals surface area contributed by atoms with Crippen LogP contribution in [0.5, 0.6) is 0 Å². The summed E-state index contributed by atoms with van der Waals surface area (Å²) in [7, 11) is -1.49. The summed E-state index contributed by atoms with van der Waals surface area (Å²) in [5.74, 6) is 0.244. The van der Waals surface area contributed by atoms with Gasteiger partial charge in [0.1, 0.15) is 0 Å². The monoisotopic (exact) mass is 249 g/mol. The molecule has 16 heavy (non-hydrogen) atoms. The minimum Gasteiger partial charge on any atom is -0.469 e. The van der Waals surface area contributed by atoms with Gasteiger partial charge in [0.2, 0.25) is 0 Å². The van der Waals surface area contributed by atoms with Crippen LogP contribution in [0.3, 0.4) is 0 Å². The number of esters is 1. The van der Waals surface area contributed by atoms with Crippen LogP contribution in [-0.2, 0) is 19.4 Å². The Bertz CT molecular complexity index is 339. The zero-order chi connectivity index (χ0) is 12.2. The lowest BCUT2D eigenvalue weighted by atomic mass is 10.2. The van der Waals surface area contributed by atoms with Gasteiger partial charge in [-0.15, -0.1) is 0 Å². The molecule has 0 saturated carbocycles. The molecule has 6 heteroatoms. The summed E-state index contributed by atoms with van der Waals surface area (Å²) < 4.78 is 27.2. The molecule has 0 radical (unpaired) electrons. The third kappa shape index (κ3) is 3.75. The average molecular weight is 249 g/mol. The Morgan fingerprint density at radius 1 is 1.50 bits per heavy atom. The molecular formula is C10H19NO4S. The van der Waals surface area contributed by atoms with E-state index in [4.69, 9.17) is 0 Å². The maximum atomic E-state index is 11.3. The third-order valence-electron chi connectivity index (χ3n) is 2.96. The van der Waals surface area contributed by atoms with Gasteiger partial charge >= 0.3 is 5.97 Å². The fraction of sp³-hybridized carbons (Fsp3) is 0.900. The van der Waals surface area contributed by atoms with E-state index in [1.165, 1.54) is 7.11 Å². The van der Waals surface area contributed by atoms with Gasteiger partial charge in [-0.25, -0.2) is 8.42 Å². The molecule has 1 heterocycles. The Labute approximate surface area is 96.7 Å². The van der Waals surface area contributed by atoms with Crippen LogP contribution in [0.1, 0.15) is 19.8 Å². The number of nitrogens with zero attached hydrogens (tertiary/aromatic N) is 1. The van der Waals surface area contributed by atoms with Crippen LogP contribution in [0.4, 0.5) is 0 Å². The summed E-state index contributed by atoms with van der Waals surface area (Å²) >= 11 is 0. The number of hydrogen-bond acceptors (Lipinski definition) is 5. The Morgan fingerprint density at radius 2 is 2.19 bits per heavy atom. The van der Waals surface area contributed by atoms with E-state index in [-0.39, 0.29) is 23.5 Å². The van der Waals surface area contributed by atoms with Gasteiger partial charge in [0, 0.05) is 12.6 Å². The molecule has 94 valence electrons. The van der Waals surface area contributed by atoms with E-state index in [1.54, 1.807) is 0 Å². The van der Waals surface area contributed by atoms with Crippen molar-refractivity contribution in [2.45, 2.75) is 25.8 Å². The number of rotatable bonds is 5. The molecule has 0 N–H and O–H groups in total. The number of carbonyl (C=O) groups is 1. The predicted molar refractivity (Wildman–Crippen MR) is 60.9 cm³/mol. The normalized spacial score (nSPS) is 23.6. The highest BCUT2D eigenvalue weighted by molar-refractivity contribution is 7.91. The van der Waals surface area contributed by atoms with Crippen LogP contribution < -0.4 is 0 Å². The molecular weight excluding hydrogens is 230 g/mol. The summed E-state index contributed by atoms with van der Waals surface area (Å²) in [6, 6.07) is 0.0691. The lowest BCUT2D eigenvalue weighted by Gasteiger charge is -2.25. The van der Waals surface area contributed by atoms with Crippen LogP contribution >= 0.6 is 0 Å². The maximum Gasteiger partial charge on any atom is 0.306 e. The first-order valence-electron chi connectivity index (χ1n) is 5.49. The second kappa shape index (κ2) is 5.63. The van der Waals surface area contributed by atoms with Gasteiger partial charge in [0.25, 0.3) is 0 Å². The molecule has 1 rings (SSSR count). The van der Waals surface area contributed by atoms with Crippen molar-refractivity contribution in [3.63, 3.8) is 0 Å². The summed E-state index contributed by atoms with van der Waals surface area (Å²) in [5.41, 5.74) is 0. The van der Waals surface area contributed by atoms with E-state index in [0.717, 1.165) is 6.54 Å². The fourth-order valence-electron chi connectivity index (χ4n) is 2.00. The second-order valence-electron chi connectivity index (χ2n) is 4.01. The minimum atomic E-state index is -2.85. The minimum absolute atomic E-state index is 0.0691. The zero-order valence-corrected chi connectivity index (χ0v) is 10.6. The van der Waals surface area contributed by atoms with Crippen molar-refractivity contribution in [2.75, 3.05) is 31.7 Å². The Balaban J connectivity index is 2.46. The van der Waals surface area contributed by atoms with Gasteiger partial charge in [-0.05, 0) is 13.0 Å². The summed E-state index contributed by atoms with van der Waals surface area (Å²) in [6.45, 7) is 3.31. The Morgan fingerprint density at radius 3 is 2.62 bits per heavy atom. The molecule has 1 aliphatic heterocycles. The molecule has 0 amide bonds. The first-order valence-corrected chi connectivity index (χ1v) is 7.32. The molecule has 1 fully saturated rings. The second-order valence-corrected chi connectivity index (χ2v) is 6.24. The topological polar surface area (TPSA) is 63.7 Å². The maximum absolute atomic E-state index is 11.3. The standard InChI is InChI=1S/C10H19NO4S/c1-3-11(6-4-10(12)15-2)9-5-7-16(13,14)8-9/h9H,3-8H2,1-2H3. The first kappa shape index (κ1) is 13.4. The van der Waals surface area contributed by atoms with Crippen molar-refractivity contribution >= 4 is 15.8 Å². The fourth-order valence-corrected chi connectivity index (χ4v) is 3.76. The van der Waals surface area contributed by atoms with Crippen molar-refractivity contribution in [3.05, 3.63) is 0 Å². The number of methoxy groups -OCH3 is 1. The smallest absolute Gasteiger partial charge is 0.306 e. The van der Waals surface area contributed by atoms with Crippen molar-refractivity contribution < 1.29 is 17.9 Å². The van der Waals surface area contributed by atoms with Crippen molar-refractivity contribution in [3.8, 4) is 0 Å². The SMILES string of the molecule is CCN(CCC(=O)OC)C1CCS(=O)(=O)C1. The molecule has 0 aromatic heterocycles. The Kier molecular flexibility index (Phi) is 4.73. The van der Waals surface area contributed by atoms with Crippen LogP contribution in [-0.4, -0.2) is 57.0 Å². The molecule has 1 unspecified atom stereocenters. The van der Waals surface area contributed by atoms with Gasteiger partial charge in [-0.2, -0.15) is 0 Å². The molecule has 1 aliphatic rings. The molecule has 0 aromatic rings. The third-order valence-corrected chi connectivity index (χ3v) is 4.71. The number of sulfone groups is 1. The summed E-state index contributed by atoms with van der Waals surface area (Å²) in [4.78, 5) is 13.1. The van der Waals surface area contributed by atoms with Gasteiger partial charge in [-0.1, -0.05) is 6.92 Å². The number of carbonyl (C=O) groups excluding carboxylic acids is 1. The van der Waals surface area contributed by atoms with E-state index in [1.807, 2.05) is 11.8 Å². The van der Waals surface area contributed by atoms with Crippen molar-refractivity contribution in [1.29, 1.82) is 0 Å². The average Bonchev–Trinajstić information content (AvgIpc) is 2.59. The molecule has 1 saturated heterocycles. The largest absolute Gasteiger partial charge is 0.469 e. The first-order chi connectivity index (χ1) is 7.48. The van der Waals surface area contributed by atoms with Gasteiger partial charge in [0.15, 0.2) is 9.84 Å². The molecule has 1 atom stereocenters. The zero-order valence-electron chi connectivity index (χ0n) is 9.81. The van der Waals surface area contributed by atoms with Gasteiger partial charge in [0.05, 0.1) is 25.0 Å². The quantitative estimate of drug-likeness (QED) is 0.645. The highest BCUT2D eigenvalue weighted by atomic mass is 32.2. The Hall–Kier alpha value is -0.620. The van der Waals surface area contributed by atoms with Crippen molar-refractivity contribution in [2.24, 2.45) is 0 Å². The number of hydrogen-bond donors (Lipinski definition) is 0. The number of ether oxygens (including phenoxy) is 1. The summed E-state index contributed by atoms with van der Waals surface area (Å²) in [5, 5.41) is 0. The molecule has 0 bridgehead atoms. The highest BCUT2D eigenvalue weighted by Gasteiger charge is 2.31. The van der Waals surface area contributed by atoms with Gasteiger partial charge < -0.3 is 4.74 Å². The van der Waals surface area contributed by atoms with E-state index < -0.39 is 9.84 Å². The van der Waals surface area contributed by atoms with E-state index in [9.17, 15) is 13.2 Å². The van der Waals surface area contributed by atoms with Crippen LogP contribution in [0.2, 0.25) is 0 Å². The molecule has 5 nitrogen and oxygen atoms in total. The van der Waals surface area contributed by atoms with Crippen LogP contribution in [0.25, 0.3) is 0 Å². The molecule has 0 spiro atoms. The molecule has 0 aliphatic carbocycles. The summed E-state index contributed by atoms with van der Waals surface area (Å²) in [6.07, 6.45) is 0.998. The predicted octanol–water partition coefficient (Wildman–Crippen LogP) is 0.0585. The lowest BCUT2D eigenvalue weighted by molar-refractivity contribution is -0.141. The highest BCUT2D eigenvalue weighted by Crippen LogP contribution is 2.17. The van der Waals surface area contributed by atoms with E-state index in [2.05, 4.69) is 4.74 Å². The van der Waals surface area contributed by atoms with Crippen LogP contribution in [0, 0.1) is 0 Å². The van der Waals surface area contributed by atoms with Crippen molar-refractivity contribution in [1.82, 2.24) is 4.90 Å². The van der Waals surface area contributed by atoms with Crippen LogP contribution in [0.15, 0.2) is 0 Å².